The first kappa shape index (κ1) is 12.2. The van der Waals surface area contributed by atoms with Crippen molar-refractivity contribution in [2.24, 2.45) is 5.73 Å². The van der Waals surface area contributed by atoms with Gasteiger partial charge in [-0.15, -0.1) is 0 Å². The maximum absolute atomic E-state index is 11.5. The second-order valence-corrected chi connectivity index (χ2v) is 4.43. The highest BCUT2D eigenvalue weighted by atomic mass is 79.9. The number of amides is 1. The molecule has 1 aromatic rings. The number of carbonyl (C=O) groups is 1. The van der Waals surface area contributed by atoms with Gasteiger partial charge in [0, 0.05) is 17.1 Å². The SMILES string of the molecule is C[C@@H](CN)NC(=O)Cc1cccc(Br)c1. The fraction of sp³-hybridized carbons (Fsp3) is 0.364. The van der Waals surface area contributed by atoms with Crippen LogP contribution in [0.4, 0.5) is 0 Å². The molecule has 0 spiro atoms. The molecule has 0 bridgehead atoms. The first-order valence-corrected chi connectivity index (χ1v) is 5.65. The molecule has 1 atom stereocenters. The fourth-order valence-electron chi connectivity index (χ4n) is 1.22. The number of hydrogen-bond acceptors (Lipinski definition) is 2. The molecule has 0 radical (unpaired) electrons. The summed E-state index contributed by atoms with van der Waals surface area (Å²) in [6.07, 6.45) is 0.393. The van der Waals surface area contributed by atoms with Gasteiger partial charge in [0.15, 0.2) is 0 Å². The summed E-state index contributed by atoms with van der Waals surface area (Å²) < 4.78 is 0.986. The summed E-state index contributed by atoms with van der Waals surface area (Å²) in [5.41, 5.74) is 6.41. The topological polar surface area (TPSA) is 55.1 Å². The largest absolute Gasteiger partial charge is 0.352 e. The molecule has 0 aliphatic heterocycles. The van der Waals surface area contributed by atoms with E-state index in [1.165, 1.54) is 0 Å². The van der Waals surface area contributed by atoms with Crippen molar-refractivity contribution in [1.29, 1.82) is 0 Å². The van der Waals surface area contributed by atoms with Crippen LogP contribution in [0.25, 0.3) is 0 Å². The number of rotatable bonds is 4. The lowest BCUT2D eigenvalue weighted by Crippen LogP contribution is -2.38. The minimum atomic E-state index is 0.00560. The minimum Gasteiger partial charge on any atom is -0.352 e. The van der Waals surface area contributed by atoms with Gasteiger partial charge in [-0.2, -0.15) is 0 Å². The molecule has 3 nitrogen and oxygen atoms in total. The Kier molecular flexibility index (Phi) is 4.78. The maximum atomic E-state index is 11.5. The molecule has 0 saturated carbocycles. The van der Waals surface area contributed by atoms with Gasteiger partial charge < -0.3 is 11.1 Å². The van der Waals surface area contributed by atoms with E-state index in [-0.39, 0.29) is 11.9 Å². The molecule has 0 saturated heterocycles. The summed E-state index contributed by atoms with van der Waals surface area (Å²) in [6.45, 7) is 2.35. The highest BCUT2D eigenvalue weighted by Crippen LogP contribution is 2.11. The second-order valence-electron chi connectivity index (χ2n) is 3.51. The Balaban J connectivity index is 2.51. The highest BCUT2D eigenvalue weighted by molar-refractivity contribution is 9.10. The monoisotopic (exact) mass is 270 g/mol. The van der Waals surface area contributed by atoms with Gasteiger partial charge in [-0.05, 0) is 24.6 Å². The summed E-state index contributed by atoms with van der Waals surface area (Å²) in [7, 11) is 0. The van der Waals surface area contributed by atoms with Crippen LogP contribution in [-0.2, 0) is 11.2 Å². The number of nitrogens with two attached hydrogens (primary N) is 1. The molecule has 0 fully saturated rings. The van der Waals surface area contributed by atoms with Gasteiger partial charge >= 0.3 is 0 Å². The molecule has 1 rings (SSSR count). The van der Waals surface area contributed by atoms with Crippen molar-refractivity contribution in [2.75, 3.05) is 6.54 Å². The zero-order chi connectivity index (χ0) is 11.3. The second kappa shape index (κ2) is 5.88. The van der Waals surface area contributed by atoms with Gasteiger partial charge in [0.05, 0.1) is 6.42 Å². The molecule has 0 unspecified atom stereocenters. The molecule has 15 heavy (non-hydrogen) atoms. The Bertz CT molecular complexity index is 341. The van der Waals surface area contributed by atoms with Crippen LogP contribution in [0.3, 0.4) is 0 Å². The van der Waals surface area contributed by atoms with E-state index in [1.54, 1.807) is 0 Å². The number of hydrogen-bond donors (Lipinski definition) is 2. The maximum Gasteiger partial charge on any atom is 0.224 e. The zero-order valence-corrected chi connectivity index (χ0v) is 10.3. The van der Waals surface area contributed by atoms with Crippen LogP contribution in [-0.4, -0.2) is 18.5 Å². The van der Waals surface area contributed by atoms with Crippen molar-refractivity contribution >= 4 is 21.8 Å². The normalized spacial score (nSPS) is 12.2. The number of halogens is 1. The molecule has 0 aromatic heterocycles. The Labute approximate surface area is 98.2 Å². The van der Waals surface area contributed by atoms with Crippen LogP contribution < -0.4 is 11.1 Å². The van der Waals surface area contributed by atoms with Crippen molar-refractivity contribution in [3.05, 3.63) is 34.3 Å². The number of benzene rings is 1. The van der Waals surface area contributed by atoms with Gasteiger partial charge in [-0.1, -0.05) is 28.1 Å². The Morgan fingerprint density at radius 1 is 1.60 bits per heavy atom. The van der Waals surface area contributed by atoms with Crippen LogP contribution in [0, 0.1) is 0 Å². The van der Waals surface area contributed by atoms with E-state index in [4.69, 9.17) is 5.73 Å². The molecule has 82 valence electrons. The van der Waals surface area contributed by atoms with Crippen LogP contribution in [0.2, 0.25) is 0 Å². The van der Waals surface area contributed by atoms with E-state index in [0.717, 1.165) is 10.0 Å². The predicted octanol–water partition coefficient (Wildman–Crippen LogP) is 1.46. The van der Waals surface area contributed by atoms with Crippen molar-refractivity contribution in [3.63, 3.8) is 0 Å². The summed E-state index contributed by atoms with van der Waals surface area (Å²) in [5.74, 6) is 0.00560. The molecule has 0 aliphatic rings. The highest BCUT2D eigenvalue weighted by Gasteiger charge is 2.06. The van der Waals surface area contributed by atoms with Gasteiger partial charge in [0.2, 0.25) is 5.91 Å². The van der Waals surface area contributed by atoms with E-state index < -0.39 is 0 Å². The molecule has 3 N–H and O–H groups in total. The quantitative estimate of drug-likeness (QED) is 0.871. The van der Waals surface area contributed by atoms with Crippen LogP contribution in [0.5, 0.6) is 0 Å². The first-order valence-electron chi connectivity index (χ1n) is 4.85. The van der Waals surface area contributed by atoms with Crippen molar-refractivity contribution < 1.29 is 4.79 Å². The van der Waals surface area contributed by atoms with Crippen LogP contribution in [0.15, 0.2) is 28.7 Å². The predicted molar refractivity (Wildman–Crippen MR) is 64.5 cm³/mol. The average Bonchev–Trinajstić information content (AvgIpc) is 2.17. The summed E-state index contributed by atoms with van der Waals surface area (Å²) in [6, 6.07) is 7.75. The van der Waals surface area contributed by atoms with E-state index in [0.29, 0.717) is 13.0 Å². The first-order chi connectivity index (χ1) is 7.11. The third-order valence-corrected chi connectivity index (χ3v) is 2.51. The number of carbonyl (C=O) groups excluding carboxylic acids is 1. The van der Waals surface area contributed by atoms with E-state index in [1.807, 2.05) is 31.2 Å². The van der Waals surface area contributed by atoms with Gasteiger partial charge in [0.1, 0.15) is 0 Å². The van der Waals surface area contributed by atoms with Gasteiger partial charge in [-0.3, -0.25) is 4.79 Å². The van der Waals surface area contributed by atoms with Crippen LogP contribution >= 0.6 is 15.9 Å². The zero-order valence-electron chi connectivity index (χ0n) is 8.66. The van der Waals surface area contributed by atoms with E-state index >= 15 is 0 Å². The Morgan fingerprint density at radius 2 is 2.33 bits per heavy atom. The molecular weight excluding hydrogens is 256 g/mol. The van der Waals surface area contributed by atoms with Crippen molar-refractivity contribution in [2.45, 2.75) is 19.4 Å². The molecular formula is C11H15BrN2O. The van der Waals surface area contributed by atoms with E-state index in [2.05, 4.69) is 21.2 Å². The Hall–Kier alpha value is -0.870. The van der Waals surface area contributed by atoms with E-state index in [9.17, 15) is 4.79 Å². The summed E-state index contributed by atoms with van der Waals surface area (Å²) in [4.78, 5) is 11.5. The third kappa shape index (κ3) is 4.44. The van der Waals surface area contributed by atoms with Gasteiger partial charge in [-0.25, -0.2) is 0 Å². The average molecular weight is 271 g/mol. The smallest absolute Gasteiger partial charge is 0.224 e. The van der Waals surface area contributed by atoms with Crippen LogP contribution in [0.1, 0.15) is 12.5 Å². The Morgan fingerprint density at radius 3 is 2.93 bits per heavy atom. The van der Waals surface area contributed by atoms with Crippen molar-refractivity contribution in [1.82, 2.24) is 5.32 Å². The van der Waals surface area contributed by atoms with Crippen molar-refractivity contribution in [3.8, 4) is 0 Å². The molecule has 4 heteroatoms. The molecule has 1 amide bonds. The third-order valence-electron chi connectivity index (χ3n) is 2.01. The van der Waals surface area contributed by atoms with Gasteiger partial charge in [0.25, 0.3) is 0 Å². The molecule has 0 aliphatic carbocycles. The summed E-state index contributed by atoms with van der Waals surface area (Å²) in [5, 5.41) is 2.82. The molecule has 0 heterocycles. The lowest BCUT2D eigenvalue weighted by Gasteiger charge is -2.11. The lowest BCUT2D eigenvalue weighted by molar-refractivity contribution is -0.120. The standard InChI is InChI=1S/C11H15BrN2O/c1-8(7-13)14-11(15)6-9-3-2-4-10(12)5-9/h2-5,8H,6-7,13H2,1H3,(H,14,15)/t8-/m0/s1. The summed E-state index contributed by atoms with van der Waals surface area (Å²) >= 11 is 3.36. The fourth-order valence-corrected chi connectivity index (χ4v) is 1.66. The minimum absolute atomic E-state index is 0.00560. The lowest BCUT2D eigenvalue weighted by atomic mass is 10.1. The molecule has 1 aromatic carbocycles. The number of nitrogens with one attached hydrogen (secondary N) is 1.